The molecular formula is C15H22IN3O. The maximum Gasteiger partial charge on any atom is 0.242 e. The Bertz CT molecular complexity index is 473. The van der Waals surface area contributed by atoms with Crippen molar-refractivity contribution in [3.05, 3.63) is 21.9 Å². The lowest BCUT2D eigenvalue weighted by Crippen LogP contribution is -2.50. The summed E-state index contributed by atoms with van der Waals surface area (Å²) in [7, 11) is 0. The van der Waals surface area contributed by atoms with Gasteiger partial charge in [0.1, 0.15) is 5.82 Å². The number of nitrogens with one attached hydrogen (secondary N) is 1. The average molecular weight is 387 g/mol. The van der Waals surface area contributed by atoms with Gasteiger partial charge in [0.05, 0.1) is 6.04 Å². The lowest BCUT2D eigenvalue weighted by atomic mass is 9.98. The third kappa shape index (κ3) is 3.49. The Morgan fingerprint density at radius 1 is 1.55 bits per heavy atom. The first-order chi connectivity index (χ1) is 9.44. The first-order valence-electron chi connectivity index (χ1n) is 7.13. The molecule has 4 nitrogen and oxygen atoms in total. The van der Waals surface area contributed by atoms with Crippen molar-refractivity contribution >= 4 is 34.3 Å². The summed E-state index contributed by atoms with van der Waals surface area (Å²) in [4.78, 5) is 19.0. The topological polar surface area (TPSA) is 45.2 Å². The normalized spacial score (nSPS) is 20.1. The fourth-order valence-electron chi connectivity index (χ4n) is 2.63. The van der Waals surface area contributed by atoms with Crippen LogP contribution in [0.1, 0.15) is 40.0 Å². The van der Waals surface area contributed by atoms with Crippen molar-refractivity contribution in [2.75, 3.05) is 11.9 Å². The molecule has 1 aliphatic rings. The second-order valence-corrected chi connectivity index (χ2v) is 7.11. The number of anilines is 1. The summed E-state index contributed by atoms with van der Waals surface area (Å²) < 4.78 is 1.07. The van der Waals surface area contributed by atoms with E-state index in [1.807, 2.05) is 12.1 Å². The van der Waals surface area contributed by atoms with Gasteiger partial charge in [-0.2, -0.15) is 0 Å². The van der Waals surface area contributed by atoms with E-state index >= 15 is 0 Å². The molecule has 0 saturated carbocycles. The summed E-state index contributed by atoms with van der Waals surface area (Å²) in [5.41, 5.74) is 0.0675. The van der Waals surface area contributed by atoms with Crippen molar-refractivity contribution in [2.45, 2.75) is 51.6 Å². The van der Waals surface area contributed by atoms with Crippen molar-refractivity contribution in [1.29, 1.82) is 0 Å². The van der Waals surface area contributed by atoms with Crippen molar-refractivity contribution in [3.63, 3.8) is 0 Å². The Morgan fingerprint density at radius 2 is 2.30 bits per heavy atom. The van der Waals surface area contributed by atoms with Crippen LogP contribution in [0.4, 0.5) is 5.82 Å². The van der Waals surface area contributed by atoms with Crippen LogP contribution in [-0.4, -0.2) is 33.9 Å². The van der Waals surface area contributed by atoms with E-state index in [1.165, 1.54) is 0 Å². The maximum atomic E-state index is 12.5. The molecule has 0 bridgehead atoms. The van der Waals surface area contributed by atoms with Gasteiger partial charge >= 0.3 is 0 Å². The van der Waals surface area contributed by atoms with Crippen LogP contribution in [0.3, 0.4) is 0 Å². The first kappa shape index (κ1) is 15.7. The van der Waals surface area contributed by atoms with Crippen LogP contribution in [0.25, 0.3) is 0 Å². The van der Waals surface area contributed by atoms with E-state index in [-0.39, 0.29) is 17.5 Å². The molecule has 2 heterocycles. The molecule has 1 saturated heterocycles. The molecule has 2 rings (SSSR count). The molecular weight excluding hydrogens is 365 g/mol. The van der Waals surface area contributed by atoms with Crippen LogP contribution in [0.15, 0.2) is 18.3 Å². The van der Waals surface area contributed by atoms with E-state index in [4.69, 9.17) is 0 Å². The number of aromatic nitrogens is 1. The van der Waals surface area contributed by atoms with Crippen LogP contribution < -0.4 is 5.32 Å². The highest BCUT2D eigenvalue weighted by Crippen LogP contribution is 2.29. The molecule has 1 unspecified atom stereocenters. The van der Waals surface area contributed by atoms with E-state index in [0.717, 1.165) is 29.4 Å². The fourth-order valence-corrected chi connectivity index (χ4v) is 2.95. The number of carbonyl (C=O) groups excluding carboxylic acids is 1. The number of likely N-dealkylation sites (tertiary alicyclic amines) is 1. The predicted molar refractivity (Wildman–Crippen MR) is 89.7 cm³/mol. The van der Waals surface area contributed by atoms with Gasteiger partial charge in [0.15, 0.2) is 0 Å². The zero-order valence-corrected chi connectivity index (χ0v) is 14.5. The molecule has 0 aromatic carbocycles. The van der Waals surface area contributed by atoms with Crippen LogP contribution in [-0.2, 0) is 4.79 Å². The Balaban J connectivity index is 2.06. The third-order valence-corrected chi connectivity index (χ3v) is 4.81. The molecule has 0 aliphatic carbocycles. The minimum Gasteiger partial charge on any atom is -0.309 e. The number of pyridine rings is 1. The second-order valence-electron chi connectivity index (χ2n) is 5.87. The number of carbonyl (C=O) groups is 1. The van der Waals surface area contributed by atoms with Crippen molar-refractivity contribution in [1.82, 2.24) is 9.88 Å². The summed E-state index contributed by atoms with van der Waals surface area (Å²) in [6.07, 6.45) is 4.82. The van der Waals surface area contributed by atoms with E-state index in [1.54, 1.807) is 6.20 Å². The summed E-state index contributed by atoms with van der Waals surface area (Å²) in [6.45, 7) is 7.59. The Kier molecular flexibility index (Phi) is 5.01. The molecule has 110 valence electrons. The highest BCUT2D eigenvalue weighted by molar-refractivity contribution is 14.1. The first-order valence-corrected chi connectivity index (χ1v) is 8.21. The van der Waals surface area contributed by atoms with Gasteiger partial charge in [0.25, 0.3) is 0 Å². The summed E-state index contributed by atoms with van der Waals surface area (Å²) in [6, 6.07) is 3.77. The smallest absolute Gasteiger partial charge is 0.242 e. The zero-order chi connectivity index (χ0) is 14.8. The minimum absolute atomic E-state index is 0.0361. The number of rotatable bonds is 4. The SMILES string of the molecule is CCC(C)(C)N1CCCC1C(=O)Nc1ccc(I)cn1. The van der Waals surface area contributed by atoms with Crippen molar-refractivity contribution < 1.29 is 4.79 Å². The number of nitrogens with zero attached hydrogens (tertiary/aromatic N) is 2. The minimum atomic E-state index is -0.0361. The van der Waals surface area contributed by atoms with Gasteiger partial charge in [-0.15, -0.1) is 0 Å². The van der Waals surface area contributed by atoms with E-state index < -0.39 is 0 Å². The summed E-state index contributed by atoms with van der Waals surface area (Å²) in [5, 5.41) is 2.94. The Morgan fingerprint density at radius 3 is 2.90 bits per heavy atom. The monoisotopic (exact) mass is 387 g/mol. The van der Waals surface area contributed by atoms with E-state index in [0.29, 0.717) is 5.82 Å². The van der Waals surface area contributed by atoms with Crippen LogP contribution in [0.2, 0.25) is 0 Å². The average Bonchev–Trinajstić information content (AvgIpc) is 2.91. The lowest BCUT2D eigenvalue weighted by Gasteiger charge is -2.38. The third-order valence-electron chi connectivity index (χ3n) is 4.18. The van der Waals surface area contributed by atoms with Gasteiger partial charge in [-0.25, -0.2) is 4.98 Å². The second kappa shape index (κ2) is 6.39. The number of halogens is 1. The van der Waals surface area contributed by atoms with Gasteiger partial charge in [0, 0.05) is 15.3 Å². The van der Waals surface area contributed by atoms with Gasteiger partial charge in [0.2, 0.25) is 5.91 Å². The molecule has 1 aromatic rings. The van der Waals surface area contributed by atoms with Crippen LogP contribution in [0.5, 0.6) is 0 Å². The number of hydrogen-bond donors (Lipinski definition) is 1. The molecule has 1 aliphatic heterocycles. The van der Waals surface area contributed by atoms with Gasteiger partial charge in [-0.1, -0.05) is 6.92 Å². The van der Waals surface area contributed by atoms with Gasteiger partial charge in [-0.05, 0) is 74.4 Å². The highest BCUT2D eigenvalue weighted by atomic mass is 127. The Hall–Kier alpha value is -0.690. The quantitative estimate of drug-likeness (QED) is 0.807. The molecule has 1 amide bonds. The maximum absolute atomic E-state index is 12.5. The van der Waals surface area contributed by atoms with Gasteiger partial charge in [-0.3, -0.25) is 9.69 Å². The Labute approximate surface area is 134 Å². The molecule has 1 aromatic heterocycles. The summed E-state index contributed by atoms with van der Waals surface area (Å²) in [5.74, 6) is 0.703. The fraction of sp³-hybridized carbons (Fsp3) is 0.600. The lowest BCUT2D eigenvalue weighted by molar-refractivity contribution is -0.122. The zero-order valence-electron chi connectivity index (χ0n) is 12.3. The molecule has 0 spiro atoms. The van der Waals surface area contributed by atoms with E-state index in [2.05, 4.69) is 58.6 Å². The van der Waals surface area contributed by atoms with E-state index in [9.17, 15) is 4.79 Å². The van der Waals surface area contributed by atoms with Crippen LogP contribution >= 0.6 is 22.6 Å². The standard InChI is InChI=1S/C15H22IN3O/c1-4-15(2,3)19-9-5-6-12(19)14(20)18-13-8-7-11(16)10-17-13/h7-8,10,12H,4-6,9H2,1-3H3,(H,17,18,20). The largest absolute Gasteiger partial charge is 0.309 e. The molecule has 1 N–H and O–H groups in total. The predicted octanol–water partition coefficient (Wildman–Crippen LogP) is 3.28. The van der Waals surface area contributed by atoms with Gasteiger partial charge < -0.3 is 5.32 Å². The molecule has 5 heteroatoms. The molecule has 0 radical (unpaired) electrons. The number of amides is 1. The highest BCUT2D eigenvalue weighted by Gasteiger charge is 2.38. The van der Waals surface area contributed by atoms with Crippen molar-refractivity contribution in [2.24, 2.45) is 0 Å². The molecule has 20 heavy (non-hydrogen) atoms. The van der Waals surface area contributed by atoms with Crippen LogP contribution in [0, 0.1) is 3.57 Å². The molecule has 1 atom stereocenters. The molecule has 1 fully saturated rings. The number of hydrogen-bond acceptors (Lipinski definition) is 3. The summed E-state index contributed by atoms with van der Waals surface area (Å²) >= 11 is 2.20. The van der Waals surface area contributed by atoms with Crippen molar-refractivity contribution in [3.8, 4) is 0 Å².